The zero-order valence-electron chi connectivity index (χ0n) is 8.71. The summed E-state index contributed by atoms with van der Waals surface area (Å²) in [6, 6.07) is 5.76. The zero-order chi connectivity index (χ0) is 10.7. The Labute approximate surface area is 89.2 Å². The molecule has 0 spiro atoms. The van der Waals surface area contributed by atoms with Gasteiger partial charge in [-0.3, -0.25) is 0 Å². The van der Waals surface area contributed by atoms with Crippen LogP contribution >= 0.6 is 0 Å². The highest BCUT2D eigenvalue weighted by Crippen LogP contribution is 2.25. The average molecular weight is 209 g/mol. The van der Waals surface area contributed by atoms with E-state index in [0.717, 1.165) is 18.6 Å². The number of fused-ring (bicyclic) bond motifs is 1. The molecule has 0 saturated heterocycles. The van der Waals surface area contributed by atoms with Crippen LogP contribution in [0.3, 0.4) is 0 Å². The summed E-state index contributed by atoms with van der Waals surface area (Å²) in [6.07, 6.45) is 0.358. The first kappa shape index (κ1) is 10.6. The predicted molar refractivity (Wildman–Crippen MR) is 57.3 cm³/mol. The predicted octanol–water partition coefficient (Wildman–Crippen LogP) is 2.12. The number of nitrogens with two attached hydrogens (primary N) is 1. The lowest BCUT2D eigenvalue weighted by atomic mass is 9.97. The van der Waals surface area contributed by atoms with Crippen LogP contribution in [0.2, 0.25) is 0 Å². The van der Waals surface area contributed by atoms with Crippen molar-refractivity contribution in [2.75, 3.05) is 13.2 Å². The minimum atomic E-state index is -0.928. The topological polar surface area (TPSA) is 35.2 Å². The van der Waals surface area contributed by atoms with Crippen molar-refractivity contribution >= 4 is 0 Å². The van der Waals surface area contributed by atoms with E-state index in [9.17, 15) is 4.39 Å². The molecule has 0 amide bonds. The van der Waals surface area contributed by atoms with Gasteiger partial charge in [0.05, 0.1) is 13.2 Å². The first-order chi connectivity index (χ1) is 7.31. The van der Waals surface area contributed by atoms with E-state index in [2.05, 4.69) is 0 Å². The molecule has 0 aliphatic carbocycles. The summed E-state index contributed by atoms with van der Waals surface area (Å²) in [7, 11) is 0. The number of halogens is 1. The molecule has 2 N–H and O–H groups in total. The second kappa shape index (κ2) is 4.73. The Morgan fingerprint density at radius 1 is 1.40 bits per heavy atom. The maximum Gasteiger partial charge on any atom is 0.126 e. The largest absolute Gasteiger partial charge is 0.376 e. The van der Waals surface area contributed by atoms with Crippen molar-refractivity contribution in [3.8, 4) is 0 Å². The quantitative estimate of drug-likeness (QED) is 0.827. The van der Waals surface area contributed by atoms with Gasteiger partial charge in [0.2, 0.25) is 0 Å². The van der Waals surface area contributed by atoms with Gasteiger partial charge in [-0.25, -0.2) is 4.39 Å². The number of alkyl halides is 1. The summed E-state index contributed by atoms with van der Waals surface area (Å²) in [4.78, 5) is 0. The van der Waals surface area contributed by atoms with Crippen molar-refractivity contribution in [2.24, 2.45) is 5.73 Å². The Morgan fingerprint density at radius 3 is 3.07 bits per heavy atom. The van der Waals surface area contributed by atoms with Crippen molar-refractivity contribution in [3.05, 3.63) is 34.9 Å². The van der Waals surface area contributed by atoms with Crippen molar-refractivity contribution in [1.29, 1.82) is 0 Å². The van der Waals surface area contributed by atoms with Crippen LogP contribution in [0.5, 0.6) is 0 Å². The molecule has 1 unspecified atom stereocenters. The minimum Gasteiger partial charge on any atom is -0.376 e. The molecule has 0 fully saturated rings. The van der Waals surface area contributed by atoms with E-state index < -0.39 is 6.17 Å². The average Bonchev–Trinajstić information content (AvgIpc) is 2.29. The third-order valence-corrected chi connectivity index (χ3v) is 2.79. The van der Waals surface area contributed by atoms with Gasteiger partial charge >= 0.3 is 0 Å². The fourth-order valence-electron chi connectivity index (χ4n) is 1.89. The molecule has 15 heavy (non-hydrogen) atoms. The van der Waals surface area contributed by atoms with E-state index in [4.69, 9.17) is 10.5 Å². The molecule has 82 valence electrons. The molecule has 1 aromatic carbocycles. The molecule has 0 saturated carbocycles. The molecule has 0 aromatic heterocycles. The summed E-state index contributed by atoms with van der Waals surface area (Å²) >= 11 is 0. The number of ether oxygens (including phenoxy) is 1. The number of benzene rings is 1. The van der Waals surface area contributed by atoms with E-state index in [-0.39, 0.29) is 0 Å². The summed E-state index contributed by atoms with van der Waals surface area (Å²) < 4.78 is 18.9. The Hall–Kier alpha value is -0.930. The van der Waals surface area contributed by atoms with Gasteiger partial charge in [-0.1, -0.05) is 18.2 Å². The Balaban J connectivity index is 2.20. The van der Waals surface area contributed by atoms with Gasteiger partial charge in [0, 0.05) is 0 Å². The van der Waals surface area contributed by atoms with E-state index in [1.807, 2.05) is 18.2 Å². The second-order valence-corrected chi connectivity index (χ2v) is 3.88. The molecular weight excluding hydrogens is 193 g/mol. The number of hydrogen-bond donors (Lipinski definition) is 1. The van der Waals surface area contributed by atoms with Crippen molar-refractivity contribution < 1.29 is 9.13 Å². The summed E-state index contributed by atoms with van der Waals surface area (Å²) in [5.41, 5.74) is 8.50. The molecule has 1 aliphatic heterocycles. The number of rotatable bonds is 3. The van der Waals surface area contributed by atoms with Crippen LogP contribution in [0, 0.1) is 0 Å². The third-order valence-electron chi connectivity index (χ3n) is 2.79. The van der Waals surface area contributed by atoms with Gasteiger partial charge in [-0.15, -0.1) is 0 Å². The van der Waals surface area contributed by atoms with Crippen molar-refractivity contribution in [2.45, 2.75) is 25.6 Å². The molecule has 1 aliphatic rings. The van der Waals surface area contributed by atoms with E-state index in [1.54, 1.807) is 0 Å². The van der Waals surface area contributed by atoms with E-state index in [0.29, 0.717) is 19.6 Å². The Bertz CT molecular complexity index is 340. The normalized spacial score (nSPS) is 17.2. The van der Waals surface area contributed by atoms with Crippen LogP contribution in [-0.2, 0) is 17.8 Å². The molecule has 0 radical (unpaired) electrons. The van der Waals surface area contributed by atoms with Gasteiger partial charge in [0.1, 0.15) is 6.17 Å². The lowest BCUT2D eigenvalue weighted by Gasteiger charge is -2.18. The van der Waals surface area contributed by atoms with Gasteiger partial charge in [0.15, 0.2) is 0 Å². The minimum absolute atomic E-state index is 0.390. The molecular formula is C12H16FNO. The first-order valence-corrected chi connectivity index (χ1v) is 5.35. The maximum atomic E-state index is 13.6. The Morgan fingerprint density at radius 2 is 2.27 bits per heavy atom. The molecule has 3 heteroatoms. The summed E-state index contributed by atoms with van der Waals surface area (Å²) in [6.45, 7) is 1.79. The van der Waals surface area contributed by atoms with Crippen LogP contribution in [0.25, 0.3) is 0 Å². The molecule has 2 nitrogen and oxygen atoms in total. The van der Waals surface area contributed by atoms with Crippen LogP contribution in [0.1, 0.15) is 29.3 Å². The molecule has 1 atom stereocenters. The van der Waals surface area contributed by atoms with E-state index >= 15 is 0 Å². The van der Waals surface area contributed by atoms with Gasteiger partial charge < -0.3 is 10.5 Å². The second-order valence-electron chi connectivity index (χ2n) is 3.88. The SMILES string of the molecule is NCCC(F)c1ccc2c(c1)CCOC2. The van der Waals surface area contributed by atoms with Crippen LogP contribution in [0.15, 0.2) is 18.2 Å². The van der Waals surface area contributed by atoms with Crippen LogP contribution in [0.4, 0.5) is 4.39 Å². The van der Waals surface area contributed by atoms with Crippen LogP contribution in [-0.4, -0.2) is 13.2 Å². The van der Waals surface area contributed by atoms with Crippen molar-refractivity contribution in [3.63, 3.8) is 0 Å². The fourth-order valence-corrected chi connectivity index (χ4v) is 1.89. The first-order valence-electron chi connectivity index (χ1n) is 5.35. The fraction of sp³-hybridized carbons (Fsp3) is 0.500. The van der Waals surface area contributed by atoms with Gasteiger partial charge in [-0.2, -0.15) is 0 Å². The zero-order valence-corrected chi connectivity index (χ0v) is 8.71. The maximum absolute atomic E-state index is 13.6. The van der Waals surface area contributed by atoms with Gasteiger partial charge in [0.25, 0.3) is 0 Å². The standard InChI is InChI=1S/C12H16FNO/c13-12(3-5-14)10-1-2-11-8-15-6-4-9(11)7-10/h1-2,7,12H,3-6,8,14H2. The highest BCUT2D eigenvalue weighted by molar-refractivity contribution is 5.34. The molecule has 1 aromatic rings. The molecule has 2 rings (SSSR count). The smallest absolute Gasteiger partial charge is 0.126 e. The highest BCUT2D eigenvalue weighted by atomic mass is 19.1. The van der Waals surface area contributed by atoms with Crippen molar-refractivity contribution in [1.82, 2.24) is 0 Å². The van der Waals surface area contributed by atoms with Gasteiger partial charge in [-0.05, 0) is 36.1 Å². The molecule has 1 heterocycles. The highest BCUT2D eigenvalue weighted by Gasteiger charge is 2.14. The summed E-state index contributed by atoms with van der Waals surface area (Å²) in [5, 5.41) is 0. The lowest BCUT2D eigenvalue weighted by Crippen LogP contribution is -2.11. The monoisotopic (exact) mass is 209 g/mol. The number of hydrogen-bond acceptors (Lipinski definition) is 2. The lowest BCUT2D eigenvalue weighted by molar-refractivity contribution is 0.110. The molecule has 0 bridgehead atoms. The van der Waals surface area contributed by atoms with Crippen LogP contribution < -0.4 is 5.73 Å². The summed E-state index contributed by atoms with van der Waals surface area (Å²) in [5.74, 6) is 0. The Kier molecular flexibility index (Phi) is 3.34. The van der Waals surface area contributed by atoms with E-state index in [1.165, 1.54) is 11.1 Å². The third kappa shape index (κ3) is 2.36.